The minimum absolute atomic E-state index is 0.144. The van der Waals surface area contributed by atoms with E-state index in [0.29, 0.717) is 31.3 Å². The third-order valence-electron chi connectivity index (χ3n) is 7.89. The van der Waals surface area contributed by atoms with Crippen molar-refractivity contribution in [1.29, 1.82) is 0 Å². The summed E-state index contributed by atoms with van der Waals surface area (Å²) in [5, 5.41) is 0. The number of esters is 1. The number of likely N-dealkylation sites (tertiary alicyclic amines) is 1. The molecule has 1 saturated heterocycles. The number of nitrogens with zero attached hydrogens (tertiary/aromatic N) is 3. The Labute approximate surface area is 271 Å². The molecular weight excluding hydrogens is 560 g/mol. The molecule has 2 fully saturated rings. The lowest BCUT2D eigenvalue weighted by molar-refractivity contribution is -0.168. The number of hydrogen-bond donors (Lipinski definition) is 1. The van der Waals surface area contributed by atoms with E-state index >= 15 is 0 Å². The van der Waals surface area contributed by atoms with Crippen LogP contribution in [0.3, 0.4) is 0 Å². The van der Waals surface area contributed by atoms with Crippen molar-refractivity contribution in [3.05, 3.63) is 72.1 Å². The topological polar surface area (TPSA) is 98.4 Å². The number of rotatable bonds is 7. The minimum Gasteiger partial charge on any atom is -0.460 e. The van der Waals surface area contributed by atoms with Crippen molar-refractivity contribution < 1.29 is 14.3 Å². The molecule has 0 radical (unpaired) electrons. The smallest absolute Gasteiger partial charge is 0.313 e. The second kappa shape index (κ2) is 17.2. The highest BCUT2D eigenvalue weighted by Gasteiger charge is 2.39. The van der Waals surface area contributed by atoms with Crippen LogP contribution in [0.4, 0.5) is 0 Å². The summed E-state index contributed by atoms with van der Waals surface area (Å²) in [6, 6.07) is 16.1. The third kappa shape index (κ3) is 10.5. The summed E-state index contributed by atoms with van der Waals surface area (Å²) in [6.07, 6.45) is 12.1. The van der Waals surface area contributed by atoms with Gasteiger partial charge in [0.05, 0.1) is 12.0 Å². The summed E-state index contributed by atoms with van der Waals surface area (Å²) in [7, 11) is 0. The van der Waals surface area contributed by atoms with Gasteiger partial charge in [0, 0.05) is 36.6 Å². The van der Waals surface area contributed by atoms with Crippen LogP contribution in [0.2, 0.25) is 0 Å². The molecule has 1 amide bonds. The summed E-state index contributed by atoms with van der Waals surface area (Å²) in [4.78, 5) is 35.8. The van der Waals surface area contributed by atoms with Crippen molar-refractivity contribution in [3.8, 4) is 22.5 Å². The zero-order valence-corrected chi connectivity index (χ0v) is 28.5. The third-order valence-corrected chi connectivity index (χ3v) is 7.89. The average molecular weight is 615 g/mol. The van der Waals surface area contributed by atoms with Crippen LogP contribution in [-0.4, -0.2) is 51.5 Å². The fourth-order valence-corrected chi connectivity index (χ4v) is 5.57. The second-order valence-corrected chi connectivity index (χ2v) is 12.9. The van der Waals surface area contributed by atoms with Gasteiger partial charge < -0.3 is 15.4 Å². The van der Waals surface area contributed by atoms with E-state index in [0.717, 1.165) is 22.3 Å². The number of aromatic nitrogens is 2. The quantitative estimate of drug-likeness (QED) is 0.271. The molecule has 1 atom stereocenters. The first kappa shape index (κ1) is 35.9. The van der Waals surface area contributed by atoms with Gasteiger partial charge in [-0.1, -0.05) is 102 Å². The SMILES string of the molecule is CC.CC(C)(C)OC(=O)C1CN(C(=O)C(N)Cc2ccc(-c3ncc(-c4ccc(C5CCCCC5)cc4)cn3)cc2)C1.CCC. The molecule has 7 heteroatoms. The number of ether oxygens (including phenoxy) is 1. The Kier molecular flexibility index (Phi) is 13.7. The standard InChI is InChI=1S/C33H40N4O3.C3H8.C2H6/c1-33(2,3)40-32(39)28-20-37(21-28)31(38)29(34)17-22-9-11-26(12-10-22)30-35-18-27(19-36-30)25-15-13-24(14-16-25)23-7-5-4-6-8-23;1-3-2;1-2/h9-16,18-19,23,28-29H,4-8,17,20-21,34H2,1-3H3;3H2,1-2H3;1-2H3. The predicted octanol–water partition coefficient (Wildman–Crippen LogP) is 7.97. The molecule has 1 aromatic heterocycles. The maximum atomic E-state index is 12.7. The van der Waals surface area contributed by atoms with E-state index < -0.39 is 11.6 Å². The van der Waals surface area contributed by atoms with E-state index in [4.69, 9.17) is 10.5 Å². The van der Waals surface area contributed by atoms with Crippen molar-refractivity contribution in [2.45, 2.75) is 111 Å². The van der Waals surface area contributed by atoms with E-state index in [-0.39, 0.29) is 17.8 Å². The minimum atomic E-state index is -0.662. The molecule has 0 spiro atoms. The van der Waals surface area contributed by atoms with Crippen molar-refractivity contribution in [2.24, 2.45) is 11.7 Å². The van der Waals surface area contributed by atoms with Crippen molar-refractivity contribution in [2.75, 3.05) is 13.1 Å². The Balaban J connectivity index is 0.00000104. The Bertz CT molecular complexity index is 1320. The predicted molar refractivity (Wildman–Crippen MR) is 184 cm³/mol. The average Bonchev–Trinajstić information content (AvgIpc) is 3.02. The van der Waals surface area contributed by atoms with Gasteiger partial charge >= 0.3 is 5.97 Å². The second-order valence-electron chi connectivity index (χ2n) is 12.9. The number of hydrogen-bond acceptors (Lipinski definition) is 6. The molecule has 244 valence electrons. The van der Waals surface area contributed by atoms with Gasteiger partial charge in [-0.25, -0.2) is 9.97 Å². The van der Waals surface area contributed by atoms with Gasteiger partial charge in [0.25, 0.3) is 0 Å². The zero-order valence-electron chi connectivity index (χ0n) is 28.5. The lowest BCUT2D eigenvalue weighted by atomic mass is 9.84. The number of amides is 1. The van der Waals surface area contributed by atoms with Crippen LogP contribution in [0.25, 0.3) is 22.5 Å². The molecule has 1 aliphatic heterocycles. The van der Waals surface area contributed by atoms with Gasteiger partial charge in [0.1, 0.15) is 5.60 Å². The number of nitrogens with two attached hydrogens (primary N) is 1. The lowest BCUT2D eigenvalue weighted by Crippen LogP contribution is -2.58. The maximum Gasteiger partial charge on any atom is 0.313 e. The van der Waals surface area contributed by atoms with Gasteiger partial charge in [-0.2, -0.15) is 0 Å². The van der Waals surface area contributed by atoms with Crippen molar-refractivity contribution in [3.63, 3.8) is 0 Å². The largest absolute Gasteiger partial charge is 0.460 e. The highest BCUT2D eigenvalue weighted by molar-refractivity contribution is 5.85. The van der Waals surface area contributed by atoms with E-state index in [1.54, 1.807) is 4.90 Å². The highest BCUT2D eigenvalue weighted by atomic mass is 16.6. The Morgan fingerprint density at radius 1 is 0.867 bits per heavy atom. The fourth-order valence-electron chi connectivity index (χ4n) is 5.57. The lowest BCUT2D eigenvalue weighted by Gasteiger charge is -2.40. The highest BCUT2D eigenvalue weighted by Crippen LogP contribution is 2.33. The Morgan fingerprint density at radius 3 is 1.93 bits per heavy atom. The summed E-state index contributed by atoms with van der Waals surface area (Å²) in [5.74, 6) is 0.674. The molecule has 2 heterocycles. The first-order valence-corrected chi connectivity index (χ1v) is 16.9. The molecule has 1 aliphatic carbocycles. The van der Waals surface area contributed by atoms with Crippen molar-refractivity contribution >= 4 is 11.9 Å². The van der Waals surface area contributed by atoms with Gasteiger partial charge in [0.15, 0.2) is 5.82 Å². The van der Waals surface area contributed by atoms with Crippen LogP contribution in [0.5, 0.6) is 0 Å². The molecule has 0 bridgehead atoms. The first-order chi connectivity index (χ1) is 21.6. The molecule has 2 aromatic carbocycles. The molecule has 2 N–H and O–H groups in total. The fraction of sp³-hybridized carbons (Fsp3) is 0.526. The zero-order chi connectivity index (χ0) is 33.0. The van der Waals surface area contributed by atoms with Gasteiger partial charge in [-0.05, 0) is 62.6 Å². The van der Waals surface area contributed by atoms with Crippen LogP contribution in [-0.2, 0) is 20.7 Å². The summed E-state index contributed by atoms with van der Waals surface area (Å²) in [6.45, 7) is 14.5. The summed E-state index contributed by atoms with van der Waals surface area (Å²) < 4.78 is 5.41. The number of carbonyl (C=O) groups excluding carboxylic acids is 2. The van der Waals surface area contributed by atoms with Crippen LogP contribution in [0, 0.1) is 5.92 Å². The molecule has 3 aromatic rings. The van der Waals surface area contributed by atoms with Gasteiger partial charge in [-0.15, -0.1) is 0 Å². The molecule has 5 rings (SSSR count). The Hall–Kier alpha value is -3.58. The van der Waals surface area contributed by atoms with Crippen LogP contribution in [0.1, 0.15) is 104 Å². The molecule has 7 nitrogen and oxygen atoms in total. The van der Waals surface area contributed by atoms with Crippen LogP contribution >= 0.6 is 0 Å². The van der Waals surface area contributed by atoms with E-state index in [1.807, 2.05) is 71.3 Å². The summed E-state index contributed by atoms with van der Waals surface area (Å²) >= 11 is 0. The van der Waals surface area contributed by atoms with Crippen LogP contribution in [0.15, 0.2) is 60.9 Å². The normalized spacial score (nSPS) is 15.9. The maximum absolute atomic E-state index is 12.7. The summed E-state index contributed by atoms with van der Waals surface area (Å²) in [5.41, 5.74) is 11.1. The van der Waals surface area contributed by atoms with Crippen molar-refractivity contribution in [1.82, 2.24) is 14.9 Å². The van der Waals surface area contributed by atoms with E-state index in [2.05, 4.69) is 48.1 Å². The number of benzene rings is 2. The van der Waals surface area contributed by atoms with Crippen LogP contribution < -0.4 is 5.73 Å². The molecule has 1 unspecified atom stereocenters. The molecule has 1 saturated carbocycles. The van der Waals surface area contributed by atoms with Gasteiger partial charge in [-0.3, -0.25) is 9.59 Å². The number of carbonyl (C=O) groups is 2. The first-order valence-electron chi connectivity index (χ1n) is 16.9. The molecular formula is C38H54N4O3. The van der Waals surface area contributed by atoms with E-state index in [1.165, 1.54) is 44.1 Å². The van der Waals surface area contributed by atoms with Gasteiger partial charge in [0.2, 0.25) is 5.91 Å². The Morgan fingerprint density at radius 2 is 1.40 bits per heavy atom. The molecule has 45 heavy (non-hydrogen) atoms. The monoisotopic (exact) mass is 614 g/mol. The molecule has 2 aliphatic rings. The van der Waals surface area contributed by atoms with E-state index in [9.17, 15) is 9.59 Å².